The van der Waals surface area contributed by atoms with Crippen LogP contribution in [0.25, 0.3) is 11.1 Å². The maximum Gasteiger partial charge on any atom is 0.136 e. The maximum atomic E-state index is 6.06. The number of anilines is 1. The van der Waals surface area contributed by atoms with Crippen molar-refractivity contribution in [2.75, 3.05) is 12.4 Å². The fraction of sp³-hybridized carbons (Fsp3) is 0.0769. The first-order valence-corrected chi connectivity index (χ1v) is 5.53. The van der Waals surface area contributed by atoms with E-state index in [0.717, 1.165) is 22.5 Å². The molecule has 1 N–H and O–H groups in total. The van der Waals surface area contributed by atoms with Crippen LogP contribution in [0.3, 0.4) is 0 Å². The van der Waals surface area contributed by atoms with Gasteiger partial charge in [-0.3, -0.25) is 4.99 Å². The van der Waals surface area contributed by atoms with E-state index in [-0.39, 0.29) is 0 Å². The highest BCUT2D eigenvalue weighted by Crippen LogP contribution is 2.32. The highest BCUT2D eigenvalue weighted by molar-refractivity contribution is 6.32. The largest absolute Gasteiger partial charge is 0.386 e. The van der Waals surface area contributed by atoms with Crippen LogP contribution >= 0.6 is 11.6 Å². The van der Waals surface area contributed by atoms with Gasteiger partial charge in [-0.25, -0.2) is 4.98 Å². The fourth-order valence-corrected chi connectivity index (χ4v) is 1.87. The van der Waals surface area contributed by atoms with Crippen molar-refractivity contribution in [1.82, 2.24) is 4.98 Å². The summed E-state index contributed by atoms with van der Waals surface area (Å²) in [4.78, 5) is 8.00. The van der Waals surface area contributed by atoms with Gasteiger partial charge in [-0.15, -0.1) is 0 Å². The van der Waals surface area contributed by atoms with Crippen molar-refractivity contribution >= 4 is 29.7 Å². The lowest BCUT2D eigenvalue weighted by atomic mass is 10.1. The van der Waals surface area contributed by atoms with Crippen molar-refractivity contribution in [3.8, 4) is 11.1 Å². The highest BCUT2D eigenvalue weighted by Gasteiger charge is 2.06. The van der Waals surface area contributed by atoms with Gasteiger partial charge in [-0.1, -0.05) is 17.7 Å². The van der Waals surface area contributed by atoms with Gasteiger partial charge in [0.2, 0.25) is 0 Å². The van der Waals surface area contributed by atoms with Crippen LogP contribution in [0, 0.1) is 0 Å². The summed E-state index contributed by atoms with van der Waals surface area (Å²) in [5.41, 5.74) is 3.63. The minimum Gasteiger partial charge on any atom is -0.386 e. The van der Waals surface area contributed by atoms with Crippen LogP contribution in [0.1, 0.15) is 0 Å². The van der Waals surface area contributed by atoms with E-state index < -0.39 is 0 Å². The summed E-state index contributed by atoms with van der Waals surface area (Å²) in [5, 5.41) is 3.57. The molecule has 0 unspecified atom stereocenters. The summed E-state index contributed by atoms with van der Waals surface area (Å²) in [6.45, 7) is 3.53. The molecule has 2 aromatic rings. The second-order valence-corrected chi connectivity index (χ2v) is 3.84. The number of aliphatic imine (C=N–C) groups is 1. The number of rotatable bonds is 3. The molecule has 0 aliphatic carbocycles. The quantitative estimate of drug-likeness (QED) is 0.660. The SMILES string of the molecule is C=Nc1ccc(-c2cccnc2Cl)cc1NC. The summed E-state index contributed by atoms with van der Waals surface area (Å²) >= 11 is 6.06. The molecular formula is C13H12ClN3. The van der Waals surface area contributed by atoms with Crippen LogP contribution in [0.15, 0.2) is 41.5 Å². The molecule has 3 nitrogen and oxygen atoms in total. The normalized spacial score (nSPS) is 10.0. The molecule has 0 bridgehead atoms. The summed E-state index contributed by atoms with van der Waals surface area (Å²) in [7, 11) is 1.85. The zero-order valence-corrected chi connectivity index (χ0v) is 10.2. The fourth-order valence-electron chi connectivity index (χ4n) is 1.64. The molecule has 0 radical (unpaired) electrons. The van der Waals surface area contributed by atoms with Crippen molar-refractivity contribution < 1.29 is 0 Å². The van der Waals surface area contributed by atoms with E-state index in [9.17, 15) is 0 Å². The smallest absolute Gasteiger partial charge is 0.136 e. The third-order valence-electron chi connectivity index (χ3n) is 2.51. The van der Waals surface area contributed by atoms with Crippen LogP contribution in [0.5, 0.6) is 0 Å². The molecule has 0 saturated carbocycles. The van der Waals surface area contributed by atoms with Gasteiger partial charge < -0.3 is 5.32 Å². The van der Waals surface area contributed by atoms with Crippen molar-refractivity contribution in [1.29, 1.82) is 0 Å². The number of aromatic nitrogens is 1. The monoisotopic (exact) mass is 245 g/mol. The number of nitrogens with one attached hydrogen (secondary N) is 1. The van der Waals surface area contributed by atoms with Gasteiger partial charge in [0.1, 0.15) is 5.15 Å². The van der Waals surface area contributed by atoms with E-state index >= 15 is 0 Å². The predicted octanol–water partition coefficient (Wildman–Crippen LogP) is 3.78. The number of hydrogen-bond donors (Lipinski definition) is 1. The molecule has 2 rings (SSSR count). The highest BCUT2D eigenvalue weighted by atomic mass is 35.5. The van der Waals surface area contributed by atoms with E-state index in [0.29, 0.717) is 5.15 Å². The second-order valence-electron chi connectivity index (χ2n) is 3.48. The van der Waals surface area contributed by atoms with Gasteiger partial charge >= 0.3 is 0 Å². The molecule has 0 aliphatic rings. The van der Waals surface area contributed by atoms with Crippen LogP contribution in [0.2, 0.25) is 5.15 Å². The van der Waals surface area contributed by atoms with Crippen LogP contribution in [0.4, 0.5) is 11.4 Å². The van der Waals surface area contributed by atoms with E-state index in [1.807, 2.05) is 37.4 Å². The van der Waals surface area contributed by atoms with E-state index in [1.165, 1.54) is 0 Å². The van der Waals surface area contributed by atoms with Gasteiger partial charge in [0.15, 0.2) is 0 Å². The van der Waals surface area contributed by atoms with Gasteiger partial charge in [-0.2, -0.15) is 0 Å². The average molecular weight is 246 g/mol. The molecule has 0 aliphatic heterocycles. The topological polar surface area (TPSA) is 37.3 Å². The Balaban J connectivity index is 2.54. The van der Waals surface area contributed by atoms with Crippen LogP contribution in [-0.4, -0.2) is 18.7 Å². The third kappa shape index (κ3) is 2.29. The molecule has 0 fully saturated rings. The van der Waals surface area contributed by atoms with Crippen molar-refractivity contribution in [2.45, 2.75) is 0 Å². The summed E-state index contributed by atoms with van der Waals surface area (Å²) in [5.74, 6) is 0. The molecule has 0 spiro atoms. The van der Waals surface area contributed by atoms with Crippen LogP contribution in [-0.2, 0) is 0 Å². The van der Waals surface area contributed by atoms with Gasteiger partial charge in [0.25, 0.3) is 0 Å². The lowest BCUT2D eigenvalue weighted by Gasteiger charge is -2.08. The first kappa shape index (κ1) is 11.6. The van der Waals surface area contributed by atoms with Gasteiger partial charge in [-0.05, 0) is 36.5 Å². The molecule has 86 valence electrons. The van der Waals surface area contributed by atoms with Crippen molar-refractivity contribution in [2.24, 2.45) is 4.99 Å². The lowest BCUT2D eigenvalue weighted by molar-refractivity contribution is 1.33. The molecule has 0 saturated heterocycles. The molecule has 4 heteroatoms. The van der Waals surface area contributed by atoms with E-state index in [1.54, 1.807) is 6.20 Å². The first-order valence-electron chi connectivity index (χ1n) is 5.15. The van der Waals surface area contributed by atoms with Crippen molar-refractivity contribution in [3.63, 3.8) is 0 Å². The Morgan fingerprint density at radius 1 is 1.35 bits per heavy atom. The Morgan fingerprint density at radius 3 is 2.82 bits per heavy atom. The number of benzene rings is 1. The molecule has 0 atom stereocenters. The molecule has 1 heterocycles. The number of pyridine rings is 1. The summed E-state index contributed by atoms with van der Waals surface area (Å²) in [6.07, 6.45) is 1.67. The van der Waals surface area contributed by atoms with Gasteiger partial charge in [0.05, 0.1) is 11.4 Å². The standard InChI is InChI=1S/C13H12ClN3/c1-15-11-6-5-9(8-12(11)16-2)10-4-3-7-17-13(10)14/h3-8,16H,1H2,2H3. The molecule has 1 aromatic carbocycles. The minimum atomic E-state index is 0.494. The van der Waals surface area contributed by atoms with Crippen molar-refractivity contribution in [3.05, 3.63) is 41.7 Å². The van der Waals surface area contributed by atoms with Gasteiger partial charge in [0, 0.05) is 18.8 Å². The number of nitrogens with zero attached hydrogens (tertiary/aromatic N) is 2. The van der Waals surface area contributed by atoms with E-state index in [2.05, 4.69) is 22.0 Å². The molecule has 0 amide bonds. The summed E-state index contributed by atoms with van der Waals surface area (Å²) < 4.78 is 0. The Kier molecular flexibility index (Phi) is 3.40. The second kappa shape index (κ2) is 4.97. The maximum absolute atomic E-state index is 6.06. The number of halogens is 1. The lowest BCUT2D eigenvalue weighted by Crippen LogP contribution is -1.90. The minimum absolute atomic E-state index is 0.494. The predicted molar refractivity (Wildman–Crippen MR) is 73.4 cm³/mol. The molecule has 1 aromatic heterocycles. The Labute approximate surface area is 105 Å². The summed E-state index contributed by atoms with van der Waals surface area (Å²) in [6, 6.07) is 9.63. The van der Waals surface area contributed by atoms with E-state index in [4.69, 9.17) is 11.6 Å². The van der Waals surface area contributed by atoms with Crippen LogP contribution < -0.4 is 5.32 Å². The zero-order chi connectivity index (χ0) is 12.3. The third-order valence-corrected chi connectivity index (χ3v) is 2.81. The zero-order valence-electron chi connectivity index (χ0n) is 9.44. The average Bonchev–Trinajstić information content (AvgIpc) is 2.38. The Bertz CT molecular complexity index is 552. The molecular weight excluding hydrogens is 234 g/mol. The first-order chi connectivity index (χ1) is 8.26. The Hall–Kier alpha value is -1.87. The molecule has 17 heavy (non-hydrogen) atoms. The number of hydrogen-bond acceptors (Lipinski definition) is 3. The Morgan fingerprint density at radius 2 is 2.18 bits per heavy atom.